The van der Waals surface area contributed by atoms with Crippen LogP contribution in [0.3, 0.4) is 0 Å². The van der Waals surface area contributed by atoms with Crippen LogP contribution >= 0.6 is 0 Å². The Kier molecular flexibility index (Phi) is 1.49. The van der Waals surface area contributed by atoms with Crippen LogP contribution in [0.4, 0.5) is 0 Å². The topological polar surface area (TPSA) is 86.7 Å². The quantitative estimate of drug-likeness (QED) is 0.375. The summed E-state index contributed by atoms with van der Waals surface area (Å²) in [5.74, 6) is -3.07. The number of allylic oxidation sites excluding steroid dienone is 2. The number of rotatable bonds is 0. The fourth-order valence-corrected chi connectivity index (χ4v) is 8.64. The van der Waals surface area contributed by atoms with Crippen LogP contribution in [0.1, 0.15) is 38.5 Å². The zero-order valence-corrected chi connectivity index (χ0v) is 12.8. The first-order valence-electron chi connectivity index (χ1n) is 8.74. The molecule has 0 aromatic rings. The second-order valence-corrected chi connectivity index (χ2v) is 8.61. The fourth-order valence-electron chi connectivity index (χ4n) is 8.64. The van der Waals surface area contributed by atoms with Crippen molar-refractivity contribution in [2.75, 3.05) is 0 Å². The molecule has 4 saturated carbocycles. The fraction of sp³-hybridized carbons (Fsp3) is 0.667. The Morgan fingerprint density at radius 3 is 2.21 bits per heavy atom. The lowest BCUT2D eigenvalue weighted by molar-refractivity contribution is -0.179. The number of hydrogen-bond acceptors (Lipinski definition) is 6. The molecule has 7 aliphatic carbocycles. The lowest BCUT2D eigenvalue weighted by Gasteiger charge is -2.64. The van der Waals surface area contributed by atoms with Gasteiger partial charge in [0.1, 0.15) is 0 Å². The van der Waals surface area contributed by atoms with E-state index in [4.69, 9.17) is 9.47 Å². The second kappa shape index (κ2) is 2.89. The maximum atomic E-state index is 13.0. The molecule has 4 spiro atoms. The average Bonchev–Trinajstić information content (AvgIpc) is 2.79. The lowest BCUT2D eigenvalue weighted by atomic mass is 9.33. The third-order valence-electron chi connectivity index (χ3n) is 8.85. The molecule has 0 N–H and O–H groups in total. The molecule has 122 valence electrons. The minimum Gasteiger partial charge on any atom is -0.393 e. The van der Waals surface area contributed by atoms with Crippen LogP contribution in [0.15, 0.2) is 11.1 Å². The largest absolute Gasteiger partial charge is 0.393 e. The van der Waals surface area contributed by atoms with Crippen molar-refractivity contribution >= 4 is 23.9 Å². The maximum absolute atomic E-state index is 13.0. The molecule has 6 nitrogen and oxygen atoms in total. The Morgan fingerprint density at radius 2 is 1.42 bits per heavy atom. The lowest BCUT2D eigenvalue weighted by Crippen LogP contribution is -2.68. The van der Waals surface area contributed by atoms with Gasteiger partial charge in [0.2, 0.25) is 0 Å². The molecular formula is C18H14O6. The average molecular weight is 326 g/mol. The summed E-state index contributed by atoms with van der Waals surface area (Å²) in [6.45, 7) is 0. The maximum Gasteiger partial charge on any atom is 0.321 e. The molecule has 6 heteroatoms. The molecule has 4 bridgehead atoms. The van der Waals surface area contributed by atoms with Crippen LogP contribution in [-0.2, 0) is 28.7 Å². The first kappa shape index (κ1) is 12.4. The van der Waals surface area contributed by atoms with Crippen molar-refractivity contribution < 1.29 is 28.7 Å². The summed E-state index contributed by atoms with van der Waals surface area (Å²) in [6, 6.07) is 0. The highest BCUT2D eigenvalue weighted by Gasteiger charge is 3.02. The monoisotopic (exact) mass is 326 g/mol. The molecule has 0 radical (unpaired) electrons. The van der Waals surface area contributed by atoms with Gasteiger partial charge in [-0.2, -0.15) is 0 Å². The SMILES string of the molecule is O=C1OC(=O)[C@H]2[C@H]1[C@@]13C[C@@]14C(=O)OC(=O)[C@@]41CCC3=C3CCC[C@@]321. The standard InChI is InChI=1S/C18H14O6/c19-11-9-10(12(20)23-11)16-6-18(16)14(22)24-13(21)17(18)5-3-8(16)7-2-1-4-15(7,9)17/h9-10H,1-6H2/t9-,10-,15-,16+,17-,18-/m1/s1. The van der Waals surface area contributed by atoms with Gasteiger partial charge < -0.3 is 9.47 Å². The van der Waals surface area contributed by atoms with Crippen LogP contribution in [0.5, 0.6) is 0 Å². The summed E-state index contributed by atoms with van der Waals surface area (Å²) in [6.07, 6.45) is 4.22. The van der Waals surface area contributed by atoms with Gasteiger partial charge >= 0.3 is 23.9 Å². The third-order valence-corrected chi connectivity index (χ3v) is 8.85. The van der Waals surface area contributed by atoms with Gasteiger partial charge in [-0.3, -0.25) is 19.2 Å². The van der Waals surface area contributed by atoms with Gasteiger partial charge in [-0.25, -0.2) is 0 Å². The number of ether oxygens (including phenoxy) is 2. The highest BCUT2D eigenvalue weighted by atomic mass is 16.6. The summed E-state index contributed by atoms with van der Waals surface area (Å²) in [4.78, 5) is 51.1. The van der Waals surface area contributed by atoms with E-state index in [9.17, 15) is 19.2 Å². The first-order chi connectivity index (χ1) is 11.5. The molecule has 2 saturated heterocycles. The van der Waals surface area contributed by atoms with E-state index in [2.05, 4.69) is 0 Å². The molecule has 0 amide bonds. The number of cyclic esters (lactones) is 4. The van der Waals surface area contributed by atoms with Crippen molar-refractivity contribution in [2.24, 2.45) is 33.5 Å². The van der Waals surface area contributed by atoms with Gasteiger partial charge in [-0.1, -0.05) is 11.1 Å². The number of carbonyl (C=O) groups excluding carboxylic acids is 4. The summed E-state index contributed by atoms with van der Waals surface area (Å²) < 4.78 is 10.3. The van der Waals surface area contributed by atoms with E-state index in [0.29, 0.717) is 19.3 Å². The Balaban J connectivity index is 1.70. The van der Waals surface area contributed by atoms with Crippen molar-refractivity contribution in [2.45, 2.75) is 38.5 Å². The second-order valence-electron chi connectivity index (χ2n) is 8.61. The predicted octanol–water partition coefficient (Wildman–Crippen LogP) is 1.04. The van der Waals surface area contributed by atoms with Gasteiger partial charge in [0.05, 0.1) is 22.7 Å². The van der Waals surface area contributed by atoms with Crippen molar-refractivity contribution in [3.05, 3.63) is 11.1 Å². The van der Waals surface area contributed by atoms with Gasteiger partial charge in [-0.05, 0) is 38.5 Å². The van der Waals surface area contributed by atoms with Crippen LogP contribution in [0.25, 0.3) is 0 Å². The summed E-state index contributed by atoms with van der Waals surface area (Å²) >= 11 is 0. The van der Waals surface area contributed by atoms with Gasteiger partial charge in [-0.15, -0.1) is 0 Å². The van der Waals surface area contributed by atoms with Crippen LogP contribution < -0.4 is 0 Å². The smallest absolute Gasteiger partial charge is 0.321 e. The Morgan fingerprint density at radius 1 is 0.750 bits per heavy atom. The highest BCUT2D eigenvalue weighted by molar-refractivity contribution is 6.12. The number of hydrogen-bond donors (Lipinski definition) is 0. The Labute approximate surface area is 136 Å². The van der Waals surface area contributed by atoms with Crippen LogP contribution in [0, 0.1) is 33.5 Å². The number of carbonyl (C=O) groups is 4. The summed E-state index contributed by atoms with van der Waals surface area (Å²) in [5.41, 5.74) is -0.832. The van der Waals surface area contributed by atoms with Gasteiger partial charge in [0.15, 0.2) is 0 Å². The van der Waals surface area contributed by atoms with E-state index in [1.807, 2.05) is 0 Å². The minimum atomic E-state index is -0.935. The molecule has 0 unspecified atom stereocenters. The molecule has 0 aromatic carbocycles. The normalized spacial score (nSPS) is 57.7. The van der Waals surface area contributed by atoms with E-state index >= 15 is 0 Å². The van der Waals surface area contributed by atoms with E-state index < -0.39 is 57.4 Å². The zero-order chi connectivity index (χ0) is 16.3. The van der Waals surface area contributed by atoms with E-state index in [1.165, 1.54) is 11.1 Å². The molecule has 9 rings (SSSR count). The first-order valence-corrected chi connectivity index (χ1v) is 8.74. The Hall–Kier alpha value is -1.98. The van der Waals surface area contributed by atoms with Crippen LogP contribution in [0.2, 0.25) is 0 Å². The predicted molar refractivity (Wildman–Crippen MR) is 73.6 cm³/mol. The van der Waals surface area contributed by atoms with E-state index in [1.54, 1.807) is 0 Å². The van der Waals surface area contributed by atoms with Crippen molar-refractivity contribution in [3.63, 3.8) is 0 Å². The van der Waals surface area contributed by atoms with Crippen LogP contribution in [-0.4, -0.2) is 23.9 Å². The molecule has 24 heavy (non-hydrogen) atoms. The molecule has 6 fully saturated rings. The Bertz CT molecular complexity index is 899. The molecule has 2 aliphatic heterocycles. The number of fused-ring (bicyclic) bond motifs is 1. The van der Waals surface area contributed by atoms with Gasteiger partial charge in [0.25, 0.3) is 0 Å². The third kappa shape index (κ3) is 0.696. The minimum absolute atomic E-state index is 0.446. The van der Waals surface area contributed by atoms with Gasteiger partial charge in [0, 0.05) is 10.8 Å². The molecular weight excluding hydrogens is 312 g/mol. The molecule has 6 atom stereocenters. The van der Waals surface area contributed by atoms with E-state index in [0.717, 1.165) is 19.3 Å². The van der Waals surface area contributed by atoms with Crippen molar-refractivity contribution in [1.29, 1.82) is 0 Å². The molecule has 0 aromatic heterocycles. The van der Waals surface area contributed by atoms with E-state index in [-0.39, 0.29) is 0 Å². The molecule has 9 aliphatic rings. The highest BCUT2D eigenvalue weighted by Crippen LogP contribution is 2.98. The molecule has 2 heterocycles. The van der Waals surface area contributed by atoms with Crippen molar-refractivity contribution in [3.8, 4) is 0 Å². The summed E-state index contributed by atoms with van der Waals surface area (Å²) in [7, 11) is 0. The summed E-state index contributed by atoms with van der Waals surface area (Å²) in [5, 5.41) is 0. The zero-order valence-electron chi connectivity index (χ0n) is 12.8. The van der Waals surface area contributed by atoms with Crippen molar-refractivity contribution in [1.82, 2.24) is 0 Å². The number of esters is 4.